The van der Waals surface area contributed by atoms with Gasteiger partial charge in [-0.25, -0.2) is 0 Å². The van der Waals surface area contributed by atoms with Crippen LogP contribution in [-0.2, 0) is 4.79 Å². The van der Waals surface area contributed by atoms with E-state index in [4.69, 9.17) is 7.85 Å². The van der Waals surface area contributed by atoms with Gasteiger partial charge in [-0.15, -0.1) is 0 Å². The highest BCUT2D eigenvalue weighted by molar-refractivity contribution is 6.24. The lowest BCUT2D eigenvalue weighted by Gasteiger charge is -2.30. The number of rotatable bonds is 13. The summed E-state index contributed by atoms with van der Waals surface area (Å²) < 4.78 is 0. The number of ketones is 1. The Morgan fingerprint density at radius 1 is 0.900 bits per heavy atom. The first-order valence-electron chi connectivity index (χ1n) is 8.77. The third-order valence-electron chi connectivity index (χ3n) is 4.42. The molecule has 0 aliphatic rings. The lowest BCUT2D eigenvalue weighted by atomic mass is 9.68. The molecule has 0 aromatic rings. The summed E-state index contributed by atoms with van der Waals surface area (Å²) in [4.78, 5) is 12.4. The quantitative estimate of drug-likeness (QED) is 0.304. The van der Waals surface area contributed by atoms with Crippen molar-refractivity contribution in [1.82, 2.24) is 0 Å². The highest BCUT2D eigenvalue weighted by Crippen LogP contribution is 2.35. The van der Waals surface area contributed by atoms with Gasteiger partial charge >= 0.3 is 0 Å². The fourth-order valence-electron chi connectivity index (χ4n) is 2.98. The zero-order valence-electron chi connectivity index (χ0n) is 14.3. The summed E-state index contributed by atoms with van der Waals surface area (Å²) in [6.45, 7) is 8.44. The predicted molar refractivity (Wildman–Crippen MR) is 90.4 cm³/mol. The normalized spacial score (nSPS) is 15.8. The molecule has 0 aromatic carbocycles. The van der Waals surface area contributed by atoms with E-state index in [1.54, 1.807) is 0 Å². The maximum atomic E-state index is 12.4. The summed E-state index contributed by atoms with van der Waals surface area (Å²) in [6, 6.07) is 0. The number of hydrogen-bond donors (Lipinski definition) is 0. The molecule has 0 saturated carbocycles. The minimum absolute atomic E-state index is 0.186. The first-order valence-corrected chi connectivity index (χ1v) is 8.77. The van der Waals surface area contributed by atoms with Gasteiger partial charge in [-0.3, -0.25) is 4.79 Å². The van der Waals surface area contributed by atoms with Crippen LogP contribution in [0, 0.1) is 5.41 Å². The van der Waals surface area contributed by atoms with E-state index >= 15 is 0 Å². The van der Waals surface area contributed by atoms with E-state index in [9.17, 15) is 4.79 Å². The van der Waals surface area contributed by atoms with Gasteiger partial charge in [0.2, 0.25) is 0 Å². The van der Waals surface area contributed by atoms with E-state index in [0.717, 1.165) is 19.3 Å². The number of carbonyl (C=O) groups is 1. The topological polar surface area (TPSA) is 17.1 Å². The standard InChI is InChI=1S/C18H35BO/c1-5-7-9-11-13-15-18(4,17(20)16(3)19)14-12-10-8-6-2/h16H,5-15H2,1-4H3. The van der Waals surface area contributed by atoms with Crippen molar-refractivity contribution in [1.29, 1.82) is 0 Å². The summed E-state index contributed by atoms with van der Waals surface area (Å²) in [5.74, 6) is -0.0497. The first kappa shape index (κ1) is 19.7. The lowest BCUT2D eigenvalue weighted by molar-refractivity contribution is -0.128. The molecule has 0 spiro atoms. The molecule has 0 aliphatic carbocycles. The summed E-state index contributed by atoms with van der Waals surface area (Å²) in [5.41, 5.74) is -0.186. The molecule has 1 nitrogen and oxygen atoms in total. The van der Waals surface area contributed by atoms with Crippen LogP contribution in [0.1, 0.15) is 98.3 Å². The fraction of sp³-hybridized carbons (Fsp3) is 0.944. The lowest BCUT2D eigenvalue weighted by Crippen LogP contribution is -2.30. The first-order chi connectivity index (χ1) is 9.48. The third-order valence-corrected chi connectivity index (χ3v) is 4.42. The van der Waals surface area contributed by atoms with Crippen LogP contribution in [0.4, 0.5) is 0 Å². The summed E-state index contributed by atoms with van der Waals surface area (Å²) in [6.07, 6.45) is 13.3. The average molecular weight is 278 g/mol. The average Bonchev–Trinajstić information content (AvgIpc) is 2.42. The van der Waals surface area contributed by atoms with Crippen molar-refractivity contribution in [2.75, 3.05) is 0 Å². The molecule has 0 aromatic heterocycles. The Morgan fingerprint density at radius 3 is 1.70 bits per heavy atom. The summed E-state index contributed by atoms with van der Waals surface area (Å²) in [5, 5.41) is 0. The molecular weight excluding hydrogens is 243 g/mol. The zero-order valence-corrected chi connectivity index (χ0v) is 14.3. The van der Waals surface area contributed by atoms with Gasteiger partial charge in [0.15, 0.2) is 0 Å². The Hall–Kier alpha value is -0.265. The van der Waals surface area contributed by atoms with E-state index in [2.05, 4.69) is 20.8 Å². The third kappa shape index (κ3) is 8.12. The Bertz CT molecular complexity index is 250. The molecule has 2 radical (unpaired) electrons. The van der Waals surface area contributed by atoms with Gasteiger partial charge in [0.1, 0.15) is 5.78 Å². The van der Waals surface area contributed by atoms with Gasteiger partial charge in [0.05, 0.1) is 7.85 Å². The minimum atomic E-state index is -0.318. The van der Waals surface area contributed by atoms with E-state index < -0.39 is 0 Å². The molecule has 0 amide bonds. The molecule has 0 saturated heterocycles. The Kier molecular flexibility index (Phi) is 11.2. The highest BCUT2D eigenvalue weighted by atomic mass is 16.1. The number of Topliss-reactive ketones (excluding diaryl/α,β-unsaturated/α-hetero) is 1. The molecule has 0 bridgehead atoms. The van der Waals surface area contributed by atoms with Gasteiger partial charge < -0.3 is 0 Å². The molecule has 0 fully saturated rings. The van der Waals surface area contributed by atoms with Crippen LogP contribution in [0.3, 0.4) is 0 Å². The monoisotopic (exact) mass is 278 g/mol. The predicted octanol–water partition coefficient (Wildman–Crippen LogP) is 5.87. The van der Waals surface area contributed by atoms with Crippen LogP contribution >= 0.6 is 0 Å². The van der Waals surface area contributed by atoms with Crippen LogP contribution in [-0.4, -0.2) is 13.6 Å². The van der Waals surface area contributed by atoms with Gasteiger partial charge in [-0.2, -0.15) is 0 Å². The summed E-state index contributed by atoms with van der Waals surface area (Å²) in [7, 11) is 5.85. The molecule has 2 heteroatoms. The van der Waals surface area contributed by atoms with Gasteiger partial charge in [0, 0.05) is 5.41 Å². The second-order valence-electron chi connectivity index (χ2n) is 6.69. The maximum Gasteiger partial charge on any atom is 0.132 e. The highest BCUT2D eigenvalue weighted by Gasteiger charge is 2.32. The van der Waals surface area contributed by atoms with E-state index in [1.165, 1.54) is 51.4 Å². The zero-order chi connectivity index (χ0) is 15.4. The van der Waals surface area contributed by atoms with Gasteiger partial charge in [-0.05, 0) is 18.7 Å². The van der Waals surface area contributed by atoms with E-state index in [0.29, 0.717) is 0 Å². The molecule has 2 unspecified atom stereocenters. The second-order valence-corrected chi connectivity index (χ2v) is 6.69. The number of unbranched alkanes of at least 4 members (excludes halogenated alkanes) is 7. The fourth-order valence-corrected chi connectivity index (χ4v) is 2.98. The SMILES string of the molecule is [B]C(C)C(=O)C(C)(CCCCCC)CCCCCCC. The van der Waals surface area contributed by atoms with Crippen molar-refractivity contribution in [2.45, 2.75) is 104 Å². The number of hydrogen-bond acceptors (Lipinski definition) is 1. The molecule has 20 heavy (non-hydrogen) atoms. The van der Waals surface area contributed by atoms with Crippen LogP contribution < -0.4 is 0 Å². The van der Waals surface area contributed by atoms with Crippen molar-refractivity contribution in [3.63, 3.8) is 0 Å². The van der Waals surface area contributed by atoms with Crippen LogP contribution in [0.25, 0.3) is 0 Å². The van der Waals surface area contributed by atoms with Crippen molar-refractivity contribution in [3.05, 3.63) is 0 Å². The van der Waals surface area contributed by atoms with Crippen molar-refractivity contribution in [2.24, 2.45) is 5.41 Å². The van der Waals surface area contributed by atoms with Gasteiger partial charge in [-0.1, -0.05) is 85.5 Å². The van der Waals surface area contributed by atoms with E-state index in [-0.39, 0.29) is 17.0 Å². The van der Waals surface area contributed by atoms with Crippen LogP contribution in [0.5, 0.6) is 0 Å². The van der Waals surface area contributed by atoms with E-state index in [1.807, 2.05) is 6.92 Å². The molecule has 116 valence electrons. The molecule has 0 aliphatic heterocycles. The maximum absolute atomic E-state index is 12.4. The molecular formula is C18H35BO. The largest absolute Gasteiger partial charge is 0.300 e. The van der Waals surface area contributed by atoms with Crippen molar-refractivity contribution in [3.8, 4) is 0 Å². The van der Waals surface area contributed by atoms with Crippen LogP contribution in [0.15, 0.2) is 0 Å². The van der Waals surface area contributed by atoms with Crippen LogP contribution in [0.2, 0.25) is 5.82 Å². The molecule has 2 atom stereocenters. The molecule has 0 heterocycles. The van der Waals surface area contributed by atoms with Crippen molar-refractivity contribution < 1.29 is 4.79 Å². The van der Waals surface area contributed by atoms with Gasteiger partial charge in [0.25, 0.3) is 0 Å². The van der Waals surface area contributed by atoms with Crippen molar-refractivity contribution >= 4 is 13.6 Å². The second kappa shape index (κ2) is 11.4. The molecule has 0 rings (SSSR count). The minimum Gasteiger partial charge on any atom is -0.300 e. The summed E-state index contributed by atoms with van der Waals surface area (Å²) >= 11 is 0. The Labute approximate surface area is 128 Å². The Morgan fingerprint density at radius 2 is 1.30 bits per heavy atom. The number of carbonyl (C=O) groups excluding carboxylic acids is 1. The Balaban J connectivity index is 4.27. The smallest absolute Gasteiger partial charge is 0.132 e. The molecule has 0 N–H and O–H groups in total.